The number of hydrogen-bond donors (Lipinski definition) is 1. The van der Waals surface area contributed by atoms with Crippen molar-refractivity contribution in [3.8, 4) is 0 Å². The third kappa shape index (κ3) is 3.59. The van der Waals surface area contributed by atoms with Crippen LogP contribution in [-0.2, 0) is 0 Å². The van der Waals surface area contributed by atoms with Crippen molar-refractivity contribution in [2.24, 2.45) is 0 Å². The minimum Gasteiger partial charge on any atom is -0.350 e. The lowest BCUT2D eigenvalue weighted by atomic mass is 10.1. The summed E-state index contributed by atoms with van der Waals surface area (Å²) in [6.45, 7) is 2.29. The fourth-order valence-corrected chi connectivity index (χ4v) is 3.68. The van der Waals surface area contributed by atoms with Crippen LogP contribution in [0.4, 0.5) is 8.78 Å². The molecule has 0 spiro atoms. The van der Waals surface area contributed by atoms with E-state index in [9.17, 15) is 13.6 Å². The van der Waals surface area contributed by atoms with Gasteiger partial charge in [0.25, 0.3) is 5.91 Å². The van der Waals surface area contributed by atoms with Gasteiger partial charge in [0.15, 0.2) is 0 Å². The summed E-state index contributed by atoms with van der Waals surface area (Å²) in [5.41, 5.74) is 0.615. The first-order valence-electron chi connectivity index (χ1n) is 7.65. The molecule has 122 valence electrons. The van der Waals surface area contributed by atoms with Crippen LogP contribution in [-0.4, -0.2) is 30.4 Å². The zero-order valence-electron chi connectivity index (χ0n) is 12.6. The van der Waals surface area contributed by atoms with Crippen molar-refractivity contribution in [2.45, 2.75) is 18.9 Å². The second-order valence-corrected chi connectivity index (χ2v) is 6.40. The molecule has 3 nitrogen and oxygen atoms in total. The number of nitrogens with zero attached hydrogens (tertiary/aromatic N) is 1. The van der Waals surface area contributed by atoms with Gasteiger partial charge >= 0.3 is 0 Å². The molecule has 1 aliphatic heterocycles. The van der Waals surface area contributed by atoms with Crippen LogP contribution in [0.2, 0.25) is 0 Å². The van der Waals surface area contributed by atoms with E-state index in [-0.39, 0.29) is 6.04 Å². The lowest BCUT2D eigenvalue weighted by Crippen LogP contribution is -2.37. The second-order valence-electron chi connectivity index (χ2n) is 5.62. The quantitative estimate of drug-likeness (QED) is 0.905. The molecule has 1 saturated heterocycles. The molecule has 1 aromatic heterocycles. The van der Waals surface area contributed by atoms with E-state index in [2.05, 4.69) is 15.6 Å². The van der Waals surface area contributed by atoms with Gasteiger partial charge in [-0.2, -0.15) is 11.3 Å². The SMILES string of the molecule is O=C(NC[C@H](c1ccsc1)N1CCCC1)c1c(F)cccc1F. The maximum atomic E-state index is 13.7. The number of halogens is 2. The monoisotopic (exact) mass is 336 g/mol. The molecule has 0 saturated carbocycles. The molecule has 1 N–H and O–H groups in total. The zero-order valence-corrected chi connectivity index (χ0v) is 13.4. The Bertz CT molecular complexity index is 649. The van der Waals surface area contributed by atoms with E-state index in [0.29, 0.717) is 6.54 Å². The van der Waals surface area contributed by atoms with E-state index < -0.39 is 23.1 Å². The van der Waals surface area contributed by atoms with Crippen LogP contribution >= 0.6 is 11.3 Å². The van der Waals surface area contributed by atoms with Crippen LogP contribution in [0.25, 0.3) is 0 Å². The minimum atomic E-state index is -0.837. The fourth-order valence-electron chi connectivity index (χ4n) is 2.97. The normalized spacial score (nSPS) is 16.4. The Morgan fingerprint density at radius 2 is 1.91 bits per heavy atom. The Morgan fingerprint density at radius 3 is 2.52 bits per heavy atom. The number of hydrogen-bond acceptors (Lipinski definition) is 3. The summed E-state index contributed by atoms with van der Waals surface area (Å²) in [4.78, 5) is 14.5. The van der Waals surface area contributed by atoms with E-state index >= 15 is 0 Å². The van der Waals surface area contributed by atoms with Crippen molar-refractivity contribution in [3.05, 3.63) is 57.8 Å². The number of likely N-dealkylation sites (tertiary alicyclic amines) is 1. The summed E-state index contributed by atoms with van der Waals surface area (Å²) >= 11 is 1.60. The number of carbonyl (C=O) groups excluding carboxylic acids is 1. The smallest absolute Gasteiger partial charge is 0.257 e. The Morgan fingerprint density at radius 1 is 1.22 bits per heavy atom. The van der Waals surface area contributed by atoms with Crippen LogP contribution in [0.15, 0.2) is 35.0 Å². The van der Waals surface area contributed by atoms with Gasteiger partial charge in [0.05, 0.1) is 6.04 Å². The number of nitrogens with one attached hydrogen (secondary N) is 1. The molecule has 0 bridgehead atoms. The molecule has 23 heavy (non-hydrogen) atoms. The molecule has 1 aromatic carbocycles. The second kappa shape index (κ2) is 7.19. The predicted octanol–water partition coefficient (Wildman–Crippen LogP) is 3.59. The Kier molecular flexibility index (Phi) is 5.03. The van der Waals surface area contributed by atoms with E-state index in [1.54, 1.807) is 11.3 Å². The van der Waals surface area contributed by atoms with Gasteiger partial charge in [-0.1, -0.05) is 6.07 Å². The van der Waals surface area contributed by atoms with Gasteiger partial charge in [-0.15, -0.1) is 0 Å². The molecular formula is C17H18F2N2OS. The third-order valence-electron chi connectivity index (χ3n) is 4.16. The first-order valence-corrected chi connectivity index (χ1v) is 8.59. The van der Waals surface area contributed by atoms with Gasteiger partial charge in [0, 0.05) is 6.54 Å². The average Bonchev–Trinajstić information content (AvgIpc) is 3.21. The summed E-state index contributed by atoms with van der Waals surface area (Å²) in [5, 5.41) is 6.74. The highest BCUT2D eigenvalue weighted by molar-refractivity contribution is 7.07. The molecule has 2 heterocycles. The lowest BCUT2D eigenvalue weighted by molar-refractivity contribution is 0.0929. The molecule has 1 amide bonds. The van der Waals surface area contributed by atoms with Crippen molar-refractivity contribution in [1.82, 2.24) is 10.2 Å². The van der Waals surface area contributed by atoms with E-state index in [0.717, 1.165) is 43.6 Å². The molecule has 6 heteroatoms. The maximum Gasteiger partial charge on any atom is 0.257 e. The van der Waals surface area contributed by atoms with Crippen LogP contribution in [0.5, 0.6) is 0 Å². The molecule has 0 unspecified atom stereocenters. The van der Waals surface area contributed by atoms with E-state index in [4.69, 9.17) is 0 Å². The maximum absolute atomic E-state index is 13.7. The molecule has 1 atom stereocenters. The van der Waals surface area contributed by atoms with Gasteiger partial charge in [-0.25, -0.2) is 8.78 Å². The van der Waals surface area contributed by atoms with Gasteiger partial charge in [-0.3, -0.25) is 9.69 Å². The minimum absolute atomic E-state index is 0.0440. The highest BCUT2D eigenvalue weighted by Crippen LogP contribution is 2.26. The number of rotatable bonds is 5. The fraction of sp³-hybridized carbons (Fsp3) is 0.353. The number of amides is 1. The number of benzene rings is 1. The van der Waals surface area contributed by atoms with Crippen molar-refractivity contribution < 1.29 is 13.6 Å². The van der Waals surface area contributed by atoms with Crippen molar-refractivity contribution >= 4 is 17.2 Å². The topological polar surface area (TPSA) is 32.3 Å². The third-order valence-corrected chi connectivity index (χ3v) is 4.86. The van der Waals surface area contributed by atoms with Gasteiger partial charge < -0.3 is 5.32 Å². The van der Waals surface area contributed by atoms with Crippen LogP contribution in [0.3, 0.4) is 0 Å². The van der Waals surface area contributed by atoms with Crippen LogP contribution < -0.4 is 5.32 Å². The summed E-state index contributed by atoms with van der Waals surface area (Å²) in [6.07, 6.45) is 2.27. The summed E-state index contributed by atoms with van der Waals surface area (Å²) in [7, 11) is 0. The van der Waals surface area contributed by atoms with Gasteiger partial charge in [0.1, 0.15) is 17.2 Å². The van der Waals surface area contributed by atoms with Crippen LogP contribution in [0, 0.1) is 11.6 Å². The summed E-state index contributed by atoms with van der Waals surface area (Å²) in [6, 6.07) is 5.51. The average molecular weight is 336 g/mol. The highest BCUT2D eigenvalue weighted by Gasteiger charge is 2.25. The van der Waals surface area contributed by atoms with Gasteiger partial charge in [-0.05, 0) is 60.5 Å². The Balaban J connectivity index is 1.72. The van der Waals surface area contributed by atoms with Crippen molar-refractivity contribution in [3.63, 3.8) is 0 Å². The molecule has 0 radical (unpaired) electrons. The first-order chi connectivity index (χ1) is 11.2. The number of thiophene rings is 1. The molecule has 1 fully saturated rings. The zero-order chi connectivity index (χ0) is 16.2. The van der Waals surface area contributed by atoms with Crippen molar-refractivity contribution in [2.75, 3.05) is 19.6 Å². The predicted molar refractivity (Wildman–Crippen MR) is 86.6 cm³/mol. The molecular weight excluding hydrogens is 318 g/mol. The van der Waals surface area contributed by atoms with E-state index in [1.807, 2.05) is 11.4 Å². The molecule has 3 rings (SSSR count). The lowest BCUT2D eigenvalue weighted by Gasteiger charge is -2.27. The largest absolute Gasteiger partial charge is 0.350 e. The summed E-state index contributed by atoms with van der Waals surface area (Å²) in [5.74, 6) is -2.38. The number of carbonyl (C=O) groups is 1. The Hall–Kier alpha value is -1.79. The van der Waals surface area contributed by atoms with Crippen molar-refractivity contribution in [1.29, 1.82) is 0 Å². The highest BCUT2D eigenvalue weighted by atomic mass is 32.1. The standard InChI is InChI=1S/C17H18F2N2OS/c18-13-4-3-5-14(19)16(13)17(22)20-10-15(12-6-9-23-11-12)21-7-1-2-8-21/h3-6,9,11,15H,1-2,7-8,10H2,(H,20,22)/t15-/m1/s1. The first kappa shape index (κ1) is 16.1. The van der Waals surface area contributed by atoms with E-state index in [1.165, 1.54) is 6.07 Å². The summed E-state index contributed by atoms with van der Waals surface area (Å²) < 4.78 is 27.4. The molecule has 0 aliphatic carbocycles. The molecule has 1 aliphatic rings. The van der Waals surface area contributed by atoms with Crippen LogP contribution in [0.1, 0.15) is 34.8 Å². The Labute approximate surface area is 137 Å². The van der Waals surface area contributed by atoms with Gasteiger partial charge in [0.2, 0.25) is 0 Å². The molecule has 2 aromatic rings.